The van der Waals surface area contributed by atoms with Crippen molar-refractivity contribution in [3.8, 4) is 6.07 Å². The molecule has 0 unspecified atom stereocenters. The molecule has 0 spiro atoms. The molecule has 1 aromatic rings. The third kappa shape index (κ3) is 4.80. The first-order chi connectivity index (χ1) is 13.9. The molecular weight excluding hydrogens is 399 g/mol. The van der Waals surface area contributed by atoms with E-state index < -0.39 is 18.0 Å². The predicted octanol–water partition coefficient (Wildman–Crippen LogP) is 2.95. The van der Waals surface area contributed by atoms with E-state index in [2.05, 4.69) is 11.4 Å². The highest BCUT2D eigenvalue weighted by atomic mass is 35.5. The van der Waals surface area contributed by atoms with Gasteiger partial charge in [0, 0.05) is 18.7 Å². The van der Waals surface area contributed by atoms with Crippen molar-refractivity contribution in [1.29, 1.82) is 5.26 Å². The number of amides is 2. The topological polar surface area (TPSA) is 85.7 Å². The summed E-state index contributed by atoms with van der Waals surface area (Å²) in [5, 5.41) is 11.6. The number of hydrogen-bond donors (Lipinski definition) is 1. The fourth-order valence-corrected chi connectivity index (χ4v) is 3.60. The number of rotatable bonds is 5. The fourth-order valence-electron chi connectivity index (χ4n) is 3.51. The minimum atomic E-state index is -0.581. The van der Waals surface area contributed by atoms with Crippen LogP contribution in [0.25, 0.3) is 0 Å². The van der Waals surface area contributed by atoms with Crippen molar-refractivity contribution in [2.45, 2.75) is 25.9 Å². The van der Waals surface area contributed by atoms with Crippen LogP contribution in [0.1, 0.15) is 19.8 Å². The van der Waals surface area contributed by atoms with Gasteiger partial charge >= 0.3 is 6.09 Å². The van der Waals surface area contributed by atoms with Gasteiger partial charge < -0.3 is 15.0 Å². The summed E-state index contributed by atoms with van der Waals surface area (Å²) < 4.78 is 20.0. The molecule has 2 amide bonds. The molecule has 2 fully saturated rings. The Balaban J connectivity index is 1.65. The maximum Gasteiger partial charge on any atom is 0.414 e. The molecule has 0 radical (unpaired) electrons. The van der Waals surface area contributed by atoms with Gasteiger partial charge in [0.25, 0.3) is 0 Å². The van der Waals surface area contributed by atoms with Gasteiger partial charge in [-0.15, -0.1) is 11.6 Å². The van der Waals surface area contributed by atoms with Gasteiger partial charge in [-0.2, -0.15) is 5.26 Å². The van der Waals surface area contributed by atoms with Gasteiger partial charge in [-0.3, -0.25) is 9.69 Å². The second-order valence-corrected chi connectivity index (χ2v) is 7.28. The SMILES string of the molecule is CC(C#N)=C1CCN(c2ccc(N3C[C@H](CNC(=O)CCl)OC3=O)cc2F)CC1. The molecule has 9 heteroatoms. The lowest BCUT2D eigenvalue weighted by molar-refractivity contribution is -0.119. The Morgan fingerprint density at radius 3 is 2.76 bits per heavy atom. The zero-order valence-electron chi connectivity index (χ0n) is 16.1. The molecule has 29 heavy (non-hydrogen) atoms. The number of anilines is 2. The summed E-state index contributed by atoms with van der Waals surface area (Å²) in [6.07, 6.45) is 0.360. The van der Waals surface area contributed by atoms with Crippen molar-refractivity contribution in [2.75, 3.05) is 41.9 Å². The summed E-state index contributed by atoms with van der Waals surface area (Å²) in [6.45, 7) is 3.45. The first-order valence-corrected chi connectivity index (χ1v) is 9.90. The summed E-state index contributed by atoms with van der Waals surface area (Å²) in [5.74, 6) is -0.930. The molecule has 3 rings (SSSR count). The lowest BCUT2D eigenvalue weighted by Gasteiger charge is -2.31. The van der Waals surface area contributed by atoms with Gasteiger partial charge in [0.2, 0.25) is 5.91 Å². The Hall–Kier alpha value is -2.79. The molecular formula is C20H22ClFN4O3. The number of carbonyl (C=O) groups is 2. The Kier molecular flexibility index (Phi) is 6.60. The van der Waals surface area contributed by atoms with Crippen LogP contribution >= 0.6 is 11.6 Å². The highest BCUT2D eigenvalue weighted by molar-refractivity contribution is 6.27. The molecule has 0 aliphatic carbocycles. The van der Waals surface area contributed by atoms with Gasteiger partial charge in [0.15, 0.2) is 0 Å². The minimum absolute atomic E-state index is 0.153. The number of piperidine rings is 1. The monoisotopic (exact) mass is 420 g/mol. The first kappa shape index (κ1) is 20.9. The maximum absolute atomic E-state index is 14.8. The molecule has 7 nitrogen and oxygen atoms in total. The fraction of sp³-hybridized carbons (Fsp3) is 0.450. The van der Waals surface area contributed by atoms with Crippen molar-refractivity contribution in [3.63, 3.8) is 0 Å². The van der Waals surface area contributed by atoms with E-state index in [0.717, 1.165) is 24.0 Å². The van der Waals surface area contributed by atoms with Crippen LogP contribution in [0.4, 0.5) is 20.6 Å². The van der Waals surface area contributed by atoms with E-state index >= 15 is 0 Å². The third-order valence-corrected chi connectivity index (χ3v) is 5.41. The Morgan fingerprint density at radius 2 is 2.14 bits per heavy atom. The number of benzene rings is 1. The van der Waals surface area contributed by atoms with Gasteiger partial charge in [-0.1, -0.05) is 5.57 Å². The highest BCUT2D eigenvalue weighted by Crippen LogP contribution is 2.30. The average molecular weight is 421 g/mol. The van der Waals surface area contributed by atoms with Crippen LogP contribution in [0, 0.1) is 17.1 Å². The summed E-state index contributed by atoms with van der Waals surface area (Å²) in [6, 6.07) is 6.84. The Labute approximate surface area is 173 Å². The van der Waals surface area contributed by atoms with Crippen LogP contribution in [0.3, 0.4) is 0 Å². The van der Waals surface area contributed by atoms with Crippen molar-refractivity contribution in [2.24, 2.45) is 0 Å². The van der Waals surface area contributed by atoms with E-state index in [1.54, 1.807) is 12.1 Å². The predicted molar refractivity (Wildman–Crippen MR) is 108 cm³/mol. The lowest BCUT2D eigenvalue weighted by atomic mass is 9.99. The second-order valence-electron chi connectivity index (χ2n) is 7.02. The largest absolute Gasteiger partial charge is 0.442 e. The summed E-state index contributed by atoms with van der Waals surface area (Å²) in [7, 11) is 0. The summed E-state index contributed by atoms with van der Waals surface area (Å²) in [5.41, 5.74) is 2.74. The molecule has 2 aliphatic rings. The lowest BCUT2D eigenvalue weighted by Crippen LogP contribution is -2.35. The van der Waals surface area contributed by atoms with E-state index in [9.17, 15) is 14.0 Å². The number of ether oxygens (including phenoxy) is 1. The normalized spacial score (nSPS) is 19.0. The number of alkyl halides is 1. The molecule has 1 N–H and O–H groups in total. The zero-order chi connectivity index (χ0) is 21.0. The van der Waals surface area contributed by atoms with E-state index in [1.807, 2.05) is 11.8 Å². The number of nitriles is 1. The molecule has 1 atom stereocenters. The number of carbonyl (C=O) groups excluding carboxylic acids is 2. The van der Waals surface area contributed by atoms with Gasteiger partial charge in [0.05, 0.1) is 30.5 Å². The summed E-state index contributed by atoms with van der Waals surface area (Å²) in [4.78, 5) is 26.7. The Morgan fingerprint density at radius 1 is 1.41 bits per heavy atom. The highest BCUT2D eigenvalue weighted by Gasteiger charge is 2.33. The standard InChI is InChI=1S/C20H22ClFN4O3/c1-13(10-23)14-4-6-25(7-5-14)18-3-2-15(8-17(18)22)26-12-16(29-20(26)28)11-24-19(27)9-21/h2-3,8,16H,4-7,9,11-12H2,1H3,(H,24,27)/t16-/m0/s1. The second kappa shape index (κ2) is 9.14. The number of allylic oxidation sites excluding steroid dienone is 1. The maximum atomic E-state index is 14.8. The van der Waals surface area contributed by atoms with Crippen molar-refractivity contribution >= 4 is 35.0 Å². The van der Waals surface area contributed by atoms with Crippen LogP contribution in [0.5, 0.6) is 0 Å². The third-order valence-electron chi connectivity index (χ3n) is 5.17. The van der Waals surface area contributed by atoms with Crippen molar-refractivity contribution in [3.05, 3.63) is 35.2 Å². The van der Waals surface area contributed by atoms with Gasteiger partial charge in [0.1, 0.15) is 17.8 Å². The van der Waals surface area contributed by atoms with E-state index in [0.29, 0.717) is 24.5 Å². The number of hydrogen-bond acceptors (Lipinski definition) is 5. The first-order valence-electron chi connectivity index (χ1n) is 9.37. The summed E-state index contributed by atoms with van der Waals surface area (Å²) >= 11 is 5.43. The molecule has 1 aromatic carbocycles. The molecule has 2 aliphatic heterocycles. The van der Waals surface area contributed by atoms with Crippen LogP contribution in [0.2, 0.25) is 0 Å². The van der Waals surface area contributed by atoms with E-state index in [-0.39, 0.29) is 24.9 Å². The van der Waals surface area contributed by atoms with Gasteiger partial charge in [-0.05, 0) is 38.0 Å². The smallest absolute Gasteiger partial charge is 0.414 e. The van der Waals surface area contributed by atoms with Crippen molar-refractivity contribution in [1.82, 2.24) is 5.32 Å². The number of halogens is 2. The molecule has 0 saturated carbocycles. The minimum Gasteiger partial charge on any atom is -0.442 e. The Bertz CT molecular complexity index is 873. The zero-order valence-corrected chi connectivity index (χ0v) is 16.8. The number of nitrogens with zero attached hydrogens (tertiary/aromatic N) is 3. The molecule has 0 bridgehead atoms. The molecule has 154 valence electrons. The van der Waals surface area contributed by atoms with Crippen LogP contribution in [-0.2, 0) is 9.53 Å². The number of nitrogens with one attached hydrogen (secondary N) is 1. The van der Waals surface area contributed by atoms with E-state index in [1.165, 1.54) is 11.0 Å². The van der Waals surface area contributed by atoms with Gasteiger partial charge in [-0.25, -0.2) is 9.18 Å². The number of cyclic esters (lactones) is 1. The molecule has 0 aromatic heterocycles. The quantitative estimate of drug-likeness (QED) is 0.584. The van der Waals surface area contributed by atoms with Crippen molar-refractivity contribution < 1.29 is 18.7 Å². The van der Waals surface area contributed by atoms with Crippen LogP contribution < -0.4 is 15.1 Å². The van der Waals surface area contributed by atoms with Crippen LogP contribution in [-0.4, -0.2) is 50.2 Å². The average Bonchev–Trinajstić information content (AvgIpc) is 3.12. The van der Waals surface area contributed by atoms with Crippen LogP contribution in [0.15, 0.2) is 29.3 Å². The van der Waals surface area contributed by atoms with E-state index in [4.69, 9.17) is 21.6 Å². The molecule has 2 heterocycles. The molecule has 2 saturated heterocycles.